The average molecular weight is 272 g/mol. The van der Waals surface area contributed by atoms with E-state index in [-0.39, 0.29) is 6.61 Å². The molecule has 0 saturated heterocycles. The molecular weight excluding hydrogens is 256 g/mol. The first-order valence-corrected chi connectivity index (χ1v) is 6.42. The van der Waals surface area contributed by atoms with Gasteiger partial charge < -0.3 is 19.6 Å². The maximum Gasteiger partial charge on any atom is 0.257 e. The van der Waals surface area contributed by atoms with Crippen LogP contribution in [0.4, 0.5) is 0 Å². The van der Waals surface area contributed by atoms with Gasteiger partial charge in [0.15, 0.2) is 5.75 Å². The first-order chi connectivity index (χ1) is 9.80. The van der Waals surface area contributed by atoms with Crippen LogP contribution in [0.2, 0.25) is 0 Å². The number of pyridine rings is 1. The first kappa shape index (κ1) is 12.7. The molecule has 0 amide bonds. The molecule has 20 heavy (non-hydrogen) atoms. The Labute approximate surface area is 116 Å². The molecule has 0 radical (unpaired) electrons. The fraction of sp³-hybridized carbons (Fsp3) is 0.267. The normalized spacial score (nSPS) is 11.2. The number of nitrogens with one attached hydrogen (secondary N) is 1. The zero-order valence-corrected chi connectivity index (χ0v) is 11.4. The fourth-order valence-electron chi connectivity index (χ4n) is 2.54. The summed E-state index contributed by atoms with van der Waals surface area (Å²) in [6.07, 6.45) is 0.462. The van der Waals surface area contributed by atoms with Crippen LogP contribution >= 0.6 is 0 Å². The number of methoxy groups -OCH3 is 2. The minimum Gasteiger partial charge on any atom is -0.491 e. The molecule has 0 spiro atoms. The molecular formula is C15H16N2O3. The van der Waals surface area contributed by atoms with Crippen LogP contribution in [-0.2, 0) is 6.42 Å². The van der Waals surface area contributed by atoms with E-state index in [1.807, 2.05) is 24.3 Å². The average Bonchev–Trinajstić information content (AvgIpc) is 2.87. The van der Waals surface area contributed by atoms with Crippen LogP contribution in [0.3, 0.4) is 0 Å². The third-order valence-corrected chi connectivity index (χ3v) is 3.40. The maximum absolute atomic E-state index is 9.22. The second kappa shape index (κ2) is 5.02. The van der Waals surface area contributed by atoms with E-state index < -0.39 is 0 Å². The zero-order chi connectivity index (χ0) is 14.1. The summed E-state index contributed by atoms with van der Waals surface area (Å²) >= 11 is 0. The number of hydrogen-bond acceptors (Lipinski definition) is 4. The van der Waals surface area contributed by atoms with Gasteiger partial charge in [0.05, 0.1) is 30.8 Å². The van der Waals surface area contributed by atoms with Gasteiger partial charge in [-0.05, 0) is 6.07 Å². The predicted molar refractivity (Wildman–Crippen MR) is 77.5 cm³/mol. The molecule has 0 aliphatic carbocycles. The second-order valence-corrected chi connectivity index (χ2v) is 4.50. The van der Waals surface area contributed by atoms with Gasteiger partial charge >= 0.3 is 0 Å². The third kappa shape index (κ3) is 1.78. The quantitative estimate of drug-likeness (QED) is 0.764. The van der Waals surface area contributed by atoms with Crippen molar-refractivity contribution in [1.82, 2.24) is 9.97 Å². The highest BCUT2D eigenvalue weighted by molar-refractivity contribution is 6.11. The minimum absolute atomic E-state index is 0.0347. The van der Waals surface area contributed by atoms with Crippen LogP contribution in [0, 0.1) is 0 Å². The number of aliphatic hydroxyl groups excluding tert-OH is 1. The summed E-state index contributed by atoms with van der Waals surface area (Å²) in [6, 6.07) is 7.98. The molecule has 0 bridgehead atoms. The number of benzene rings is 1. The largest absolute Gasteiger partial charge is 0.491 e. The predicted octanol–water partition coefficient (Wildman–Crippen LogP) is 2.27. The van der Waals surface area contributed by atoms with Crippen LogP contribution in [0.5, 0.6) is 11.6 Å². The summed E-state index contributed by atoms with van der Waals surface area (Å²) in [5.74, 6) is 1.05. The number of rotatable bonds is 4. The molecule has 2 heterocycles. The Bertz CT molecular complexity index is 764. The number of H-pyrrole nitrogens is 1. The molecule has 2 N–H and O–H groups in total. The van der Waals surface area contributed by atoms with Crippen molar-refractivity contribution in [1.29, 1.82) is 0 Å². The lowest BCUT2D eigenvalue weighted by Crippen LogP contribution is -2.01. The Morgan fingerprint density at radius 1 is 1.20 bits per heavy atom. The second-order valence-electron chi connectivity index (χ2n) is 4.50. The molecule has 5 nitrogen and oxygen atoms in total. The van der Waals surface area contributed by atoms with Gasteiger partial charge in [0.2, 0.25) is 0 Å². The zero-order valence-electron chi connectivity index (χ0n) is 11.4. The molecule has 0 unspecified atom stereocenters. The number of aromatic amines is 1. The Kier molecular flexibility index (Phi) is 3.20. The fourth-order valence-corrected chi connectivity index (χ4v) is 2.54. The molecule has 1 aromatic carbocycles. The highest BCUT2D eigenvalue weighted by Gasteiger charge is 2.19. The van der Waals surface area contributed by atoms with Gasteiger partial charge in [0.25, 0.3) is 5.88 Å². The summed E-state index contributed by atoms with van der Waals surface area (Å²) in [5.41, 5.74) is 2.67. The number of fused-ring (bicyclic) bond motifs is 3. The van der Waals surface area contributed by atoms with Crippen molar-refractivity contribution >= 4 is 21.8 Å². The number of hydrogen-bond donors (Lipinski definition) is 2. The van der Waals surface area contributed by atoms with Crippen molar-refractivity contribution < 1.29 is 14.6 Å². The number of aromatic nitrogens is 2. The van der Waals surface area contributed by atoms with Crippen molar-refractivity contribution in [2.45, 2.75) is 6.42 Å². The van der Waals surface area contributed by atoms with Gasteiger partial charge in [-0.3, -0.25) is 0 Å². The topological polar surface area (TPSA) is 67.4 Å². The minimum atomic E-state index is 0.0347. The molecule has 2 aromatic heterocycles. The lowest BCUT2D eigenvalue weighted by Gasteiger charge is -2.10. The van der Waals surface area contributed by atoms with Crippen LogP contribution in [0.15, 0.2) is 24.3 Å². The third-order valence-electron chi connectivity index (χ3n) is 3.40. The van der Waals surface area contributed by atoms with Crippen molar-refractivity contribution in [3.8, 4) is 11.6 Å². The van der Waals surface area contributed by atoms with Crippen molar-refractivity contribution in [3.63, 3.8) is 0 Å². The molecule has 0 fully saturated rings. The van der Waals surface area contributed by atoms with E-state index in [9.17, 15) is 5.11 Å². The SMILES string of the molecule is COc1nc(CCO)c2[nH]c3ccccc3c2c1OC. The summed E-state index contributed by atoms with van der Waals surface area (Å²) in [7, 11) is 3.17. The van der Waals surface area contributed by atoms with E-state index >= 15 is 0 Å². The van der Waals surface area contributed by atoms with E-state index in [0.717, 1.165) is 27.5 Å². The van der Waals surface area contributed by atoms with E-state index in [1.54, 1.807) is 14.2 Å². The lowest BCUT2D eigenvalue weighted by molar-refractivity contribution is 0.297. The summed E-state index contributed by atoms with van der Waals surface area (Å²) < 4.78 is 10.8. The molecule has 104 valence electrons. The molecule has 3 rings (SSSR count). The molecule has 0 aliphatic rings. The van der Waals surface area contributed by atoms with Gasteiger partial charge in [-0.1, -0.05) is 18.2 Å². The van der Waals surface area contributed by atoms with E-state index in [1.165, 1.54) is 0 Å². The summed E-state index contributed by atoms with van der Waals surface area (Å²) in [4.78, 5) is 7.78. The van der Waals surface area contributed by atoms with Gasteiger partial charge in [0, 0.05) is 23.9 Å². The molecule has 0 saturated carbocycles. The summed E-state index contributed by atoms with van der Waals surface area (Å²) in [5, 5.41) is 11.2. The Balaban J connectivity index is 2.47. The van der Waals surface area contributed by atoms with Gasteiger partial charge in [-0.15, -0.1) is 0 Å². The van der Waals surface area contributed by atoms with Crippen molar-refractivity contribution in [3.05, 3.63) is 30.0 Å². The number of nitrogens with zero attached hydrogens (tertiary/aromatic N) is 1. The number of aliphatic hydroxyl groups is 1. The maximum atomic E-state index is 9.22. The van der Waals surface area contributed by atoms with Crippen LogP contribution < -0.4 is 9.47 Å². The smallest absolute Gasteiger partial charge is 0.257 e. The van der Waals surface area contributed by atoms with Crippen LogP contribution in [0.25, 0.3) is 21.8 Å². The number of ether oxygens (including phenoxy) is 2. The summed E-state index contributed by atoms with van der Waals surface area (Å²) in [6.45, 7) is 0.0347. The lowest BCUT2D eigenvalue weighted by atomic mass is 10.1. The highest BCUT2D eigenvalue weighted by atomic mass is 16.5. The van der Waals surface area contributed by atoms with Crippen LogP contribution in [0.1, 0.15) is 5.69 Å². The van der Waals surface area contributed by atoms with Gasteiger partial charge in [-0.25, -0.2) is 4.98 Å². The van der Waals surface area contributed by atoms with Crippen LogP contribution in [-0.4, -0.2) is 35.9 Å². The Morgan fingerprint density at radius 2 is 2.00 bits per heavy atom. The molecule has 5 heteroatoms. The van der Waals surface area contributed by atoms with Gasteiger partial charge in [0.1, 0.15) is 0 Å². The highest BCUT2D eigenvalue weighted by Crippen LogP contribution is 2.39. The van der Waals surface area contributed by atoms with Gasteiger partial charge in [-0.2, -0.15) is 0 Å². The molecule has 0 atom stereocenters. The number of para-hydroxylation sites is 1. The Hall–Kier alpha value is -2.27. The van der Waals surface area contributed by atoms with Crippen molar-refractivity contribution in [2.24, 2.45) is 0 Å². The van der Waals surface area contributed by atoms with E-state index in [2.05, 4.69) is 9.97 Å². The standard InChI is InChI=1S/C15H16N2O3/c1-19-14-12-9-5-3-4-6-10(9)16-13(12)11(7-8-18)17-15(14)20-2/h3-6,16,18H,7-8H2,1-2H3. The molecule has 0 aliphatic heterocycles. The Morgan fingerprint density at radius 3 is 2.70 bits per heavy atom. The van der Waals surface area contributed by atoms with E-state index in [4.69, 9.17) is 9.47 Å². The molecule has 3 aromatic rings. The van der Waals surface area contributed by atoms with Crippen molar-refractivity contribution in [2.75, 3.05) is 20.8 Å². The first-order valence-electron chi connectivity index (χ1n) is 6.42. The monoisotopic (exact) mass is 272 g/mol. The van der Waals surface area contributed by atoms with E-state index in [0.29, 0.717) is 18.1 Å².